The third-order valence-electron chi connectivity index (χ3n) is 2.50. The Bertz CT molecular complexity index is 527. The smallest absolute Gasteiger partial charge is 0.0644 e. The Labute approximate surface area is 107 Å². The normalized spacial score (nSPS) is 11.5. The summed E-state index contributed by atoms with van der Waals surface area (Å²) in [6.45, 7) is 4.30. The lowest BCUT2D eigenvalue weighted by Gasteiger charge is -2.04. The zero-order valence-corrected chi connectivity index (χ0v) is 10.7. The molecule has 0 N–H and O–H groups in total. The molecule has 0 bridgehead atoms. The second-order valence-electron chi connectivity index (χ2n) is 4.22. The summed E-state index contributed by atoms with van der Waals surface area (Å²) in [4.78, 5) is 4.39. The summed E-state index contributed by atoms with van der Waals surface area (Å²) in [5, 5.41) is 0.708. The molecule has 3 heteroatoms. The summed E-state index contributed by atoms with van der Waals surface area (Å²) in [7, 11) is 0. The Morgan fingerprint density at radius 2 is 2.12 bits per heavy atom. The van der Waals surface area contributed by atoms with Crippen LogP contribution < -0.4 is 0 Å². The monoisotopic (exact) mass is 246 g/mol. The van der Waals surface area contributed by atoms with Gasteiger partial charge in [0.1, 0.15) is 0 Å². The second kappa shape index (κ2) is 5.19. The molecule has 0 radical (unpaired) electrons. The number of hydrogen-bond donors (Lipinski definition) is 0. The van der Waals surface area contributed by atoms with Gasteiger partial charge in [0, 0.05) is 35.2 Å². The van der Waals surface area contributed by atoms with Crippen LogP contribution in [0.4, 0.5) is 5.69 Å². The molecular weight excluding hydrogens is 232 g/mol. The Hall–Kier alpha value is -1.54. The summed E-state index contributed by atoms with van der Waals surface area (Å²) in [5.74, 6) is 0. The first-order valence-electron chi connectivity index (χ1n) is 5.62. The first kappa shape index (κ1) is 11.9. The van der Waals surface area contributed by atoms with E-state index in [-0.39, 0.29) is 0 Å². The number of benzene rings is 1. The van der Waals surface area contributed by atoms with Crippen LogP contribution in [0.15, 0.2) is 47.7 Å². The predicted molar refractivity (Wildman–Crippen MR) is 73.5 cm³/mol. The SMILES string of the molecule is CC(C)n1ccc(C=Nc2cccc(Cl)c2)c1. The zero-order valence-electron chi connectivity index (χ0n) is 9.97. The fourth-order valence-electron chi connectivity index (χ4n) is 1.53. The molecule has 0 aliphatic carbocycles. The van der Waals surface area contributed by atoms with Crippen molar-refractivity contribution >= 4 is 23.5 Å². The summed E-state index contributed by atoms with van der Waals surface area (Å²) in [5.41, 5.74) is 1.97. The van der Waals surface area contributed by atoms with E-state index in [1.165, 1.54) is 0 Å². The van der Waals surface area contributed by atoms with Gasteiger partial charge in [0.2, 0.25) is 0 Å². The molecular formula is C14H15ClN2. The van der Waals surface area contributed by atoms with Gasteiger partial charge in [-0.1, -0.05) is 17.7 Å². The lowest BCUT2D eigenvalue weighted by Crippen LogP contribution is -1.95. The van der Waals surface area contributed by atoms with Crippen molar-refractivity contribution in [2.75, 3.05) is 0 Å². The Morgan fingerprint density at radius 1 is 1.29 bits per heavy atom. The molecule has 2 nitrogen and oxygen atoms in total. The minimum Gasteiger partial charge on any atom is -0.351 e. The van der Waals surface area contributed by atoms with Crippen LogP contribution in [0.25, 0.3) is 0 Å². The van der Waals surface area contributed by atoms with E-state index in [4.69, 9.17) is 11.6 Å². The van der Waals surface area contributed by atoms with E-state index in [0.717, 1.165) is 11.3 Å². The number of aromatic nitrogens is 1. The van der Waals surface area contributed by atoms with E-state index in [1.54, 1.807) is 0 Å². The van der Waals surface area contributed by atoms with E-state index in [0.29, 0.717) is 11.1 Å². The lowest BCUT2D eigenvalue weighted by molar-refractivity contribution is 0.603. The topological polar surface area (TPSA) is 17.3 Å². The van der Waals surface area contributed by atoms with Crippen molar-refractivity contribution in [1.82, 2.24) is 4.57 Å². The minimum absolute atomic E-state index is 0.475. The molecule has 0 aliphatic rings. The van der Waals surface area contributed by atoms with Crippen LogP contribution in [0.2, 0.25) is 5.02 Å². The third kappa shape index (κ3) is 3.21. The van der Waals surface area contributed by atoms with Crippen molar-refractivity contribution < 1.29 is 0 Å². The van der Waals surface area contributed by atoms with Crippen molar-refractivity contribution in [2.24, 2.45) is 4.99 Å². The molecule has 0 unspecified atom stereocenters. The molecule has 0 spiro atoms. The molecule has 0 saturated heterocycles. The fraction of sp³-hybridized carbons (Fsp3) is 0.214. The Morgan fingerprint density at radius 3 is 2.76 bits per heavy atom. The van der Waals surface area contributed by atoms with E-state index in [9.17, 15) is 0 Å². The van der Waals surface area contributed by atoms with E-state index >= 15 is 0 Å². The van der Waals surface area contributed by atoms with Crippen molar-refractivity contribution in [3.63, 3.8) is 0 Å². The van der Waals surface area contributed by atoms with Crippen molar-refractivity contribution in [3.05, 3.63) is 53.3 Å². The quantitative estimate of drug-likeness (QED) is 0.711. The highest BCUT2D eigenvalue weighted by atomic mass is 35.5. The van der Waals surface area contributed by atoms with Crippen LogP contribution >= 0.6 is 11.6 Å². The third-order valence-corrected chi connectivity index (χ3v) is 2.74. The van der Waals surface area contributed by atoms with Gasteiger partial charge in [-0.3, -0.25) is 4.99 Å². The number of rotatable bonds is 3. The molecule has 0 aliphatic heterocycles. The highest BCUT2D eigenvalue weighted by molar-refractivity contribution is 6.30. The summed E-state index contributed by atoms with van der Waals surface area (Å²) < 4.78 is 2.15. The first-order valence-corrected chi connectivity index (χ1v) is 6.00. The summed E-state index contributed by atoms with van der Waals surface area (Å²) in [6, 6.07) is 10.0. The fourth-order valence-corrected chi connectivity index (χ4v) is 1.72. The summed E-state index contributed by atoms with van der Waals surface area (Å²) >= 11 is 5.89. The van der Waals surface area contributed by atoms with Gasteiger partial charge in [0.05, 0.1) is 5.69 Å². The molecule has 2 rings (SSSR count). The van der Waals surface area contributed by atoms with Crippen LogP contribution in [-0.2, 0) is 0 Å². The largest absolute Gasteiger partial charge is 0.351 e. The van der Waals surface area contributed by atoms with Crippen LogP contribution in [0.5, 0.6) is 0 Å². The predicted octanol–water partition coefficient (Wildman–Crippen LogP) is 4.47. The molecule has 1 aromatic heterocycles. The first-order chi connectivity index (χ1) is 8.15. The maximum atomic E-state index is 5.89. The summed E-state index contributed by atoms with van der Waals surface area (Å²) in [6.07, 6.45) is 5.99. The molecule has 0 atom stereocenters. The van der Waals surface area contributed by atoms with Gasteiger partial charge in [-0.2, -0.15) is 0 Å². The number of nitrogens with zero attached hydrogens (tertiary/aromatic N) is 2. The standard InChI is InChI=1S/C14H15ClN2/c1-11(2)17-7-6-12(10-17)9-16-14-5-3-4-13(15)8-14/h3-11H,1-2H3. The minimum atomic E-state index is 0.475. The molecule has 88 valence electrons. The maximum Gasteiger partial charge on any atom is 0.0644 e. The Balaban J connectivity index is 2.14. The van der Waals surface area contributed by atoms with Crippen LogP contribution in [-0.4, -0.2) is 10.8 Å². The van der Waals surface area contributed by atoms with Gasteiger partial charge in [-0.05, 0) is 38.1 Å². The van der Waals surface area contributed by atoms with Crippen molar-refractivity contribution in [3.8, 4) is 0 Å². The average molecular weight is 247 g/mol. The van der Waals surface area contributed by atoms with Gasteiger partial charge in [0.15, 0.2) is 0 Å². The van der Waals surface area contributed by atoms with Crippen molar-refractivity contribution in [2.45, 2.75) is 19.9 Å². The highest BCUT2D eigenvalue weighted by Crippen LogP contribution is 2.17. The lowest BCUT2D eigenvalue weighted by atomic mass is 10.3. The average Bonchev–Trinajstić information content (AvgIpc) is 2.75. The van der Waals surface area contributed by atoms with Crippen LogP contribution in [0, 0.1) is 0 Å². The molecule has 0 amide bonds. The molecule has 0 fully saturated rings. The molecule has 1 heterocycles. The maximum absolute atomic E-state index is 5.89. The van der Waals surface area contributed by atoms with Crippen LogP contribution in [0.1, 0.15) is 25.5 Å². The van der Waals surface area contributed by atoms with Crippen molar-refractivity contribution in [1.29, 1.82) is 0 Å². The highest BCUT2D eigenvalue weighted by Gasteiger charge is 1.97. The van der Waals surface area contributed by atoms with Crippen LogP contribution in [0.3, 0.4) is 0 Å². The van der Waals surface area contributed by atoms with Gasteiger partial charge >= 0.3 is 0 Å². The Kier molecular flexibility index (Phi) is 3.64. The van der Waals surface area contributed by atoms with E-state index in [2.05, 4.69) is 35.8 Å². The number of aliphatic imine (C=N–C) groups is 1. The number of halogens is 1. The second-order valence-corrected chi connectivity index (χ2v) is 4.66. The number of hydrogen-bond acceptors (Lipinski definition) is 1. The van der Waals surface area contributed by atoms with Gasteiger partial charge < -0.3 is 4.57 Å². The van der Waals surface area contributed by atoms with Gasteiger partial charge in [0.25, 0.3) is 0 Å². The zero-order chi connectivity index (χ0) is 12.3. The molecule has 17 heavy (non-hydrogen) atoms. The van der Waals surface area contributed by atoms with Gasteiger partial charge in [-0.25, -0.2) is 0 Å². The molecule has 2 aromatic rings. The van der Waals surface area contributed by atoms with Gasteiger partial charge in [-0.15, -0.1) is 0 Å². The van der Waals surface area contributed by atoms with E-state index in [1.807, 2.05) is 36.5 Å². The van der Waals surface area contributed by atoms with E-state index < -0.39 is 0 Å². The molecule has 1 aromatic carbocycles. The molecule has 0 saturated carbocycles.